The van der Waals surface area contributed by atoms with E-state index in [9.17, 15) is 13.2 Å². The van der Waals surface area contributed by atoms with Crippen LogP contribution in [0.2, 0.25) is 0 Å². The molecular weight excluding hydrogens is 466 g/mol. The van der Waals surface area contributed by atoms with Gasteiger partial charge in [-0.1, -0.05) is 18.6 Å². The number of sulfonamides is 1. The molecule has 0 bridgehead atoms. The summed E-state index contributed by atoms with van der Waals surface area (Å²) in [5.41, 5.74) is 1.29. The SMILES string of the molecule is CC(C)Oc1ccccc1S(=O)(=O)Nc1cc(OC2CCN(C)CC2)c2c(c1)C1(CCC1)C(=O)N2. The van der Waals surface area contributed by atoms with Crippen LogP contribution < -0.4 is 19.5 Å². The smallest absolute Gasteiger partial charge is 0.265 e. The van der Waals surface area contributed by atoms with Gasteiger partial charge in [0.25, 0.3) is 10.0 Å². The van der Waals surface area contributed by atoms with Crippen LogP contribution in [0.15, 0.2) is 41.3 Å². The van der Waals surface area contributed by atoms with E-state index in [-0.39, 0.29) is 23.0 Å². The van der Waals surface area contributed by atoms with Gasteiger partial charge >= 0.3 is 0 Å². The van der Waals surface area contributed by atoms with Crippen molar-refractivity contribution in [2.24, 2.45) is 0 Å². The van der Waals surface area contributed by atoms with E-state index in [1.165, 1.54) is 6.07 Å². The summed E-state index contributed by atoms with van der Waals surface area (Å²) >= 11 is 0. The Hall–Kier alpha value is -2.78. The first-order valence-electron chi connectivity index (χ1n) is 12.3. The Morgan fingerprint density at radius 2 is 1.83 bits per heavy atom. The second kappa shape index (κ2) is 9.02. The number of nitrogens with one attached hydrogen (secondary N) is 2. The molecule has 0 atom stereocenters. The molecular formula is C26H33N3O5S. The Kier molecular flexibility index (Phi) is 6.17. The first kappa shape index (κ1) is 23.9. The van der Waals surface area contributed by atoms with Crippen molar-refractivity contribution in [2.75, 3.05) is 30.2 Å². The number of anilines is 2. The summed E-state index contributed by atoms with van der Waals surface area (Å²) in [5.74, 6) is 0.799. The molecule has 188 valence electrons. The van der Waals surface area contributed by atoms with Crippen molar-refractivity contribution in [1.82, 2.24) is 4.90 Å². The molecule has 0 unspecified atom stereocenters. The molecule has 2 fully saturated rings. The van der Waals surface area contributed by atoms with E-state index in [4.69, 9.17) is 9.47 Å². The van der Waals surface area contributed by atoms with E-state index in [1.807, 2.05) is 13.8 Å². The number of hydrogen-bond donors (Lipinski definition) is 2. The molecule has 1 spiro atoms. The molecule has 0 aromatic heterocycles. The fourth-order valence-corrected chi connectivity index (χ4v) is 6.35. The molecule has 0 radical (unpaired) electrons. The quantitative estimate of drug-likeness (QED) is 0.595. The Bertz CT molecular complexity index is 1230. The lowest BCUT2D eigenvalue weighted by Crippen LogP contribution is -2.40. The van der Waals surface area contributed by atoms with Crippen molar-refractivity contribution in [3.8, 4) is 11.5 Å². The second-order valence-corrected chi connectivity index (χ2v) is 11.8. The first-order chi connectivity index (χ1) is 16.7. The van der Waals surface area contributed by atoms with E-state index in [1.54, 1.807) is 30.3 Å². The van der Waals surface area contributed by atoms with E-state index < -0.39 is 15.4 Å². The number of amides is 1. The van der Waals surface area contributed by atoms with E-state index >= 15 is 0 Å². The molecule has 2 aromatic rings. The molecule has 1 saturated carbocycles. The van der Waals surface area contributed by atoms with Gasteiger partial charge in [-0.3, -0.25) is 9.52 Å². The number of nitrogens with zero attached hydrogens (tertiary/aromatic N) is 1. The van der Waals surface area contributed by atoms with Crippen LogP contribution in [-0.4, -0.2) is 51.6 Å². The van der Waals surface area contributed by atoms with Crippen LogP contribution >= 0.6 is 0 Å². The molecule has 8 nitrogen and oxygen atoms in total. The van der Waals surface area contributed by atoms with Gasteiger partial charge in [0.05, 0.1) is 22.9 Å². The molecule has 1 amide bonds. The zero-order valence-corrected chi connectivity index (χ0v) is 21.3. The number of rotatable bonds is 7. The van der Waals surface area contributed by atoms with Crippen molar-refractivity contribution < 1.29 is 22.7 Å². The van der Waals surface area contributed by atoms with Crippen molar-refractivity contribution >= 4 is 27.3 Å². The highest BCUT2D eigenvalue weighted by atomic mass is 32.2. The maximum Gasteiger partial charge on any atom is 0.265 e. The van der Waals surface area contributed by atoms with Crippen LogP contribution in [0.3, 0.4) is 0 Å². The number of para-hydroxylation sites is 1. The number of fused-ring (bicyclic) bond motifs is 2. The summed E-state index contributed by atoms with van der Waals surface area (Å²) in [7, 11) is -1.86. The summed E-state index contributed by atoms with van der Waals surface area (Å²) in [4.78, 5) is 15.3. The van der Waals surface area contributed by atoms with Crippen molar-refractivity contribution in [3.63, 3.8) is 0 Å². The van der Waals surface area contributed by atoms with Gasteiger partial charge < -0.3 is 19.7 Å². The summed E-state index contributed by atoms with van der Waals surface area (Å²) in [5, 5.41) is 3.04. The summed E-state index contributed by atoms with van der Waals surface area (Å²) in [6.07, 6.45) is 4.06. The summed E-state index contributed by atoms with van der Waals surface area (Å²) < 4.78 is 41.7. The van der Waals surface area contributed by atoms with Gasteiger partial charge in [-0.15, -0.1) is 0 Å². The van der Waals surface area contributed by atoms with Crippen LogP contribution in [0, 0.1) is 0 Å². The number of likely N-dealkylation sites (tertiary alicyclic amines) is 1. The minimum absolute atomic E-state index is 0.0113. The molecule has 2 heterocycles. The molecule has 2 aromatic carbocycles. The van der Waals surface area contributed by atoms with E-state index in [0.29, 0.717) is 22.9 Å². The lowest BCUT2D eigenvalue weighted by atomic mass is 9.65. The number of benzene rings is 2. The average Bonchev–Trinajstić information content (AvgIpc) is 3.07. The molecule has 5 rings (SSSR count). The van der Waals surface area contributed by atoms with Crippen LogP contribution in [0.5, 0.6) is 11.5 Å². The maximum atomic E-state index is 13.4. The number of hydrogen-bond acceptors (Lipinski definition) is 6. The largest absolute Gasteiger partial charge is 0.490 e. The predicted octanol–water partition coefficient (Wildman–Crippen LogP) is 4.12. The second-order valence-electron chi connectivity index (χ2n) is 10.1. The normalized spacial score (nSPS) is 19.8. The van der Waals surface area contributed by atoms with Gasteiger partial charge in [-0.2, -0.15) is 0 Å². The highest BCUT2D eigenvalue weighted by molar-refractivity contribution is 7.92. The highest BCUT2D eigenvalue weighted by Gasteiger charge is 2.52. The molecule has 3 aliphatic rings. The number of carbonyl (C=O) groups is 1. The molecule has 35 heavy (non-hydrogen) atoms. The molecule has 1 aliphatic carbocycles. The molecule has 2 N–H and O–H groups in total. The van der Waals surface area contributed by atoms with Crippen LogP contribution in [0.25, 0.3) is 0 Å². The maximum absolute atomic E-state index is 13.4. The van der Waals surface area contributed by atoms with Crippen LogP contribution in [-0.2, 0) is 20.2 Å². The minimum Gasteiger partial charge on any atom is -0.490 e. The van der Waals surface area contributed by atoms with Crippen molar-refractivity contribution in [2.45, 2.75) is 68.5 Å². The van der Waals surface area contributed by atoms with Crippen LogP contribution in [0.1, 0.15) is 51.5 Å². The Labute approximate surface area is 207 Å². The lowest BCUT2D eigenvalue weighted by molar-refractivity contribution is -0.123. The van der Waals surface area contributed by atoms with Gasteiger partial charge in [0.15, 0.2) is 0 Å². The monoisotopic (exact) mass is 499 g/mol. The summed E-state index contributed by atoms with van der Waals surface area (Å²) in [6.45, 7) is 5.57. The van der Waals surface area contributed by atoms with Gasteiger partial charge in [0.2, 0.25) is 5.91 Å². The topological polar surface area (TPSA) is 97.0 Å². The Balaban J connectivity index is 1.51. The molecule has 9 heteroatoms. The standard InChI is InChI=1S/C26H33N3O5S/c1-17(2)33-21-7-4-5-8-23(21)35(31,32)28-18-15-20-24(27-25(30)26(20)11-6-12-26)22(16-18)34-19-9-13-29(3)14-10-19/h4-5,7-8,15-17,19,28H,6,9-14H2,1-3H3,(H,27,30). The van der Waals surface area contributed by atoms with Crippen LogP contribution in [0.4, 0.5) is 11.4 Å². The molecule has 2 aliphatic heterocycles. The van der Waals surface area contributed by atoms with E-state index in [0.717, 1.165) is 50.8 Å². The lowest BCUT2D eigenvalue weighted by Gasteiger charge is -2.36. The fraction of sp³-hybridized carbons (Fsp3) is 0.500. The zero-order chi connectivity index (χ0) is 24.8. The zero-order valence-electron chi connectivity index (χ0n) is 20.5. The van der Waals surface area contributed by atoms with Gasteiger partial charge in [0, 0.05) is 19.2 Å². The number of ether oxygens (including phenoxy) is 2. The fourth-order valence-electron chi connectivity index (χ4n) is 5.17. The number of piperidine rings is 1. The number of carbonyl (C=O) groups excluding carboxylic acids is 1. The third-order valence-electron chi connectivity index (χ3n) is 7.21. The first-order valence-corrected chi connectivity index (χ1v) is 13.8. The van der Waals surface area contributed by atoms with Gasteiger partial charge in [-0.05, 0) is 70.3 Å². The average molecular weight is 500 g/mol. The summed E-state index contributed by atoms with van der Waals surface area (Å²) in [6, 6.07) is 10.1. The third kappa shape index (κ3) is 4.47. The molecule has 1 saturated heterocycles. The van der Waals surface area contributed by atoms with Crippen molar-refractivity contribution in [1.29, 1.82) is 0 Å². The Morgan fingerprint density at radius 3 is 2.49 bits per heavy atom. The Morgan fingerprint density at radius 1 is 1.11 bits per heavy atom. The minimum atomic E-state index is -3.95. The van der Waals surface area contributed by atoms with E-state index in [2.05, 4.69) is 22.0 Å². The van der Waals surface area contributed by atoms with Gasteiger partial charge in [0.1, 0.15) is 22.5 Å². The van der Waals surface area contributed by atoms with Gasteiger partial charge in [-0.25, -0.2) is 8.42 Å². The highest BCUT2D eigenvalue weighted by Crippen LogP contribution is 2.54. The third-order valence-corrected chi connectivity index (χ3v) is 8.63. The predicted molar refractivity (Wildman–Crippen MR) is 135 cm³/mol. The van der Waals surface area contributed by atoms with Crippen molar-refractivity contribution in [3.05, 3.63) is 42.0 Å².